The topological polar surface area (TPSA) is 55.8 Å². The third-order valence-electron chi connectivity index (χ3n) is 3.13. The van der Waals surface area contributed by atoms with Crippen LogP contribution in [0.2, 0.25) is 0 Å². The molecule has 4 nitrogen and oxygen atoms in total. The van der Waals surface area contributed by atoms with Gasteiger partial charge in [-0.15, -0.1) is 0 Å². The number of phenols is 1. The second-order valence-electron chi connectivity index (χ2n) is 4.06. The van der Waals surface area contributed by atoms with Gasteiger partial charge in [0, 0.05) is 11.6 Å². The molecule has 2 atom stereocenters. The van der Waals surface area contributed by atoms with E-state index in [1.807, 2.05) is 13.8 Å². The van der Waals surface area contributed by atoms with Gasteiger partial charge in [-0.2, -0.15) is 0 Å². The van der Waals surface area contributed by atoms with E-state index in [1.54, 1.807) is 6.07 Å². The molecule has 1 aliphatic heterocycles. The average Bonchev–Trinajstić information content (AvgIpc) is 2.26. The van der Waals surface area contributed by atoms with Gasteiger partial charge in [-0.3, -0.25) is 4.79 Å². The molecule has 2 rings (SSSR count). The fourth-order valence-corrected chi connectivity index (χ4v) is 1.85. The van der Waals surface area contributed by atoms with Gasteiger partial charge in [-0.1, -0.05) is 13.8 Å². The molecule has 1 aromatic rings. The van der Waals surface area contributed by atoms with Gasteiger partial charge in [0.05, 0.1) is 13.0 Å². The number of carbonyl (C=O) groups excluding carboxylic acids is 1. The maximum Gasteiger partial charge on any atom is 0.314 e. The van der Waals surface area contributed by atoms with Gasteiger partial charge in [0.25, 0.3) is 0 Å². The Labute approximate surface area is 93.8 Å². The van der Waals surface area contributed by atoms with Crippen LogP contribution in [0, 0.1) is 5.92 Å². The van der Waals surface area contributed by atoms with Crippen molar-refractivity contribution in [2.24, 2.45) is 5.92 Å². The number of aromatic hydroxyl groups is 1. The van der Waals surface area contributed by atoms with E-state index >= 15 is 0 Å². The minimum atomic E-state index is -0.260. The monoisotopic (exact) mass is 222 g/mol. The van der Waals surface area contributed by atoms with Crippen molar-refractivity contribution in [3.8, 4) is 17.2 Å². The van der Waals surface area contributed by atoms with Gasteiger partial charge in [0.15, 0.2) is 11.5 Å². The molecule has 0 fully saturated rings. The molecular weight excluding hydrogens is 208 g/mol. The van der Waals surface area contributed by atoms with E-state index in [-0.39, 0.29) is 23.6 Å². The lowest BCUT2D eigenvalue weighted by molar-refractivity contribution is -0.140. The van der Waals surface area contributed by atoms with Crippen LogP contribution in [0.4, 0.5) is 0 Å². The number of hydrogen-bond donors (Lipinski definition) is 1. The molecule has 16 heavy (non-hydrogen) atoms. The van der Waals surface area contributed by atoms with Crippen molar-refractivity contribution in [1.29, 1.82) is 0 Å². The number of fused-ring (bicyclic) bond motifs is 1. The SMILES string of the molecule is COc1cc2c(cc1O)OC(=O)C(C)C2C. The van der Waals surface area contributed by atoms with Crippen molar-refractivity contribution in [2.45, 2.75) is 19.8 Å². The number of phenolic OH excluding ortho intramolecular Hbond substituents is 1. The summed E-state index contributed by atoms with van der Waals surface area (Å²) >= 11 is 0. The summed E-state index contributed by atoms with van der Waals surface area (Å²) in [6.45, 7) is 3.79. The zero-order chi connectivity index (χ0) is 11.9. The molecule has 1 aliphatic rings. The first-order valence-corrected chi connectivity index (χ1v) is 5.17. The van der Waals surface area contributed by atoms with Crippen LogP contribution in [0.25, 0.3) is 0 Å². The Balaban J connectivity index is 2.53. The number of hydrogen-bond acceptors (Lipinski definition) is 4. The van der Waals surface area contributed by atoms with Gasteiger partial charge in [0.2, 0.25) is 0 Å². The number of ether oxygens (including phenoxy) is 2. The van der Waals surface area contributed by atoms with Crippen molar-refractivity contribution >= 4 is 5.97 Å². The van der Waals surface area contributed by atoms with Gasteiger partial charge < -0.3 is 14.6 Å². The van der Waals surface area contributed by atoms with E-state index < -0.39 is 0 Å². The zero-order valence-electron chi connectivity index (χ0n) is 9.48. The van der Waals surface area contributed by atoms with Crippen LogP contribution in [-0.2, 0) is 4.79 Å². The van der Waals surface area contributed by atoms with Crippen LogP contribution in [0.3, 0.4) is 0 Å². The second-order valence-corrected chi connectivity index (χ2v) is 4.06. The summed E-state index contributed by atoms with van der Waals surface area (Å²) < 4.78 is 10.2. The highest BCUT2D eigenvalue weighted by atomic mass is 16.5. The van der Waals surface area contributed by atoms with E-state index in [9.17, 15) is 9.90 Å². The van der Waals surface area contributed by atoms with Crippen LogP contribution in [-0.4, -0.2) is 18.2 Å². The lowest BCUT2D eigenvalue weighted by atomic mass is 9.86. The normalized spacial score (nSPS) is 23.6. The minimum absolute atomic E-state index is 0.0178. The maximum absolute atomic E-state index is 11.5. The number of rotatable bonds is 1. The number of esters is 1. The van der Waals surface area contributed by atoms with Gasteiger partial charge in [-0.05, 0) is 12.0 Å². The van der Waals surface area contributed by atoms with E-state index in [0.29, 0.717) is 11.5 Å². The molecule has 0 radical (unpaired) electrons. The maximum atomic E-state index is 11.5. The Morgan fingerprint density at radius 1 is 1.31 bits per heavy atom. The standard InChI is InChI=1S/C12H14O4/c1-6-7(2)12(14)16-10-5-9(13)11(15-3)4-8(6)10/h4-7,13H,1-3H3. The molecule has 0 saturated heterocycles. The lowest BCUT2D eigenvalue weighted by Gasteiger charge is -2.27. The van der Waals surface area contributed by atoms with Crippen molar-refractivity contribution in [2.75, 3.05) is 7.11 Å². The Bertz CT molecular complexity index is 439. The largest absolute Gasteiger partial charge is 0.504 e. The fraction of sp³-hybridized carbons (Fsp3) is 0.417. The molecule has 86 valence electrons. The van der Waals surface area contributed by atoms with Crippen molar-refractivity contribution < 1.29 is 19.4 Å². The van der Waals surface area contributed by atoms with Crippen molar-refractivity contribution in [3.05, 3.63) is 17.7 Å². The molecule has 0 aliphatic carbocycles. The third-order valence-corrected chi connectivity index (χ3v) is 3.13. The Hall–Kier alpha value is -1.71. The van der Waals surface area contributed by atoms with Crippen LogP contribution in [0.1, 0.15) is 25.3 Å². The summed E-state index contributed by atoms with van der Waals surface area (Å²) in [7, 11) is 1.49. The van der Waals surface area contributed by atoms with Gasteiger partial charge in [0.1, 0.15) is 5.75 Å². The van der Waals surface area contributed by atoms with Crippen molar-refractivity contribution in [3.63, 3.8) is 0 Å². The van der Waals surface area contributed by atoms with Crippen molar-refractivity contribution in [1.82, 2.24) is 0 Å². The number of methoxy groups -OCH3 is 1. The minimum Gasteiger partial charge on any atom is -0.504 e. The lowest BCUT2D eigenvalue weighted by Crippen LogP contribution is -2.28. The number of benzene rings is 1. The first kappa shape index (κ1) is 10.8. The first-order chi connectivity index (χ1) is 7.54. The van der Waals surface area contributed by atoms with Crippen LogP contribution >= 0.6 is 0 Å². The van der Waals surface area contributed by atoms with Crippen LogP contribution in [0.5, 0.6) is 17.2 Å². The predicted molar refractivity (Wildman–Crippen MR) is 57.9 cm³/mol. The molecular formula is C12H14O4. The molecule has 1 aromatic carbocycles. The molecule has 0 amide bonds. The summed E-state index contributed by atoms with van der Waals surface area (Å²) in [6, 6.07) is 3.15. The summed E-state index contributed by atoms with van der Waals surface area (Å²) in [5, 5.41) is 9.59. The summed E-state index contributed by atoms with van der Waals surface area (Å²) in [6.07, 6.45) is 0. The molecule has 0 bridgehead atoms. The quantitative estimate of drug-likeness (QED) is 0.583. The van der Waals surface area contributed by atoms with Gasteiger partial charge >= 0.3 is 5.97 Å². The number of carbonyl (C=O) groups is 1. The van der Waals surface area contributed by atoms with Gasteiger partial charge in [-0.25, -0.2) is 0 Å². The summed E-state index contributed by atoms with van der Waals surface area (Å²) in [4.78, 5) is 11.5. The Morgan fingerprint density at radius 2 is 2.00 bits per heavy atom. The summed E-state index contributed by atoms with van der Waals surface area (Å²) in [5.41, 5.74) is 0.891. The molecule has 0 aromatic heterocycles. The third kappa shape index (κ3) is 1.50. The Morgan fingerprint density at radius 3 is 2.62 bits per heavy atom. The highest BCUT2D eigenvalue weighted by molar-refractivity contribution is 5.79. The Kier molecular flexibility index (Phi) is 2.50. The molecule has 0 spiro atoms. The van der Waals surface area contributed by atoms with E-state index in [0.717, 1.165) is 5.56 Å². The van der Waals surface area contributed by atoms with E-state index in [2.05, 4.69) is 0 Å². The highest BCUT2D eigenvalue weighted by Crippen LogP contribution is 2.43. The molecule has 4 heteroatoms. The highest BCUT2D eigenvalue weighted by Gasteiger charge is 2.32. The fourth-order valence-electron chi connectivity index (χ4n) is 1.85. The van der Waals surface area contributed by atoms with E-state index in [4.69, 9.17) is 9.47 Å². The summed E-state index contributed by atoms with van der Waals surface area (Å²) in [5.74, 6) is 0.428. The average molecular weight is 222 g/mol. The predicted octanol–water partition coefficient (Wildman–Crippen LogP) is 2.06. The second kappa shape index (κ2) is 3.70. The van der Waals surface area contributed by atoms with Crippen LogP contribution in [0.15, 0.2) is 12.1 Å². The van der Waals surface area contributed by atoms with Crippen LogP contribution < -0.4 is 9.47 Å². The molecule has 2 unspecified atom stereocenters. The zero-order valence-corrected chi connectivity index (χ0v) is 9.48. The molecule has 1 N–H and O–H groups in total. The smallest absolute Gasteiger partial charge is 0.314 e. The van der Waals surface area contributed by atoms with E-state index in [1.165, 1.54) is 13.2 Å². The molecule has 1 heterocycles. The first-order valence-electron chi connectivity index (χ1n) is 5.17. The molecule has 0 saturated carbocycles.